The van der Waals surface area contributed by atoms with E-state index >= 15 is 0 Å². The molecule has 18 heavy (non-hydrogen) atoms. The molecule has 0 radical (unpaired) electrons. The molecule has 0 aromatic heterocycles. The number of nitrogens with zero attached hydrogens (tertiary/aromatic N) is 1. The minimum Gasteiger partial charge on any atom is -0.484 e. The highest BCUT2D eigenvalue weighted by Gasteiger charge is 2.08. The molecule has 1 aromatic rings. The van der Waals surface area contributed by atoms with E-state index in [-0.39, 0.29) is 12.5 Å². The van der Waals surface area contributed by atoms with E-state index in [1.165, 1.54) is 11.1 Å². The van der Waals surface area contributed by atoms with Crippen molar-refractivity contribution in [3.63, 3.8) is 0 Å². The lowest BCUT2D eigenvalue weighted by Gasteiger charge is -2.17. The zero-order valence-corrected chi connectivity index (χ0v) is 11.6. The van der Waals surface area contributed by atoms with E-state index in [9.17, 15) is 4.79 Å². The highest BCUT2D eigenvalue weighted by atomic mass is 16.5. The summed E-state index contributed by atoms with van der Waals surface area (Å²) in [6, 6.07) is 5.85. The number of ether oxygens (including phenoxy) is 1. The Morgan fingerprint density at radius 3 is 2.67 bits per heavy atom. The van der Waals surface area contributed by atoms with Crippen molar-refractivity contribution in [1.29, 1.82) is 0 Å². The third-order valence-electron chi connectivity index (χ3n) is 2.96. The van der Waals surface area contributed by atoms with Gasteiger partial charge in [-0.05, 0) is 44.2 Å². The molecule has 0 aliphatic heterocycles. The summed E-state index contributed by atoms with van der Waals surface area (Å²) in [5, 5.41) is 3.01. The molecule has 4 heteroatoms. The molecule has 0 aliphatic carbocycles. The van der Waals surface area contributed by atoms with E-state index in [1.54, 1.807) is 11.9 Å². The molecule has 0 bridgehead atoms. The minimum absolute atomic E-state index is 0.0107. The van der Waals surface area contributed by atoms with Gasteiger partial charge >= 0.3 is 0 Å². The van der Waals surface area contributed by atoms with Gasteiger partial charge in [0, 0.05) is 20.1 Å². The number of aryl methyl sites for hydroxylation is 2. The van der Waals surface area contributed by atoms with Gasteiger partial charge in [-0.15, -0.1) is 0 Å². The zero-order chi connectivity index (χ0) is 13.5. The molecule has 0 spiro atoms. The molecule has 0 heterocycles. The summed E-state index contributed by atoms with van der Waals surface area (Å²) in [5.74, 6) is 0.733. The van der Waals surface area contributed by atoms with Crippen LogP contribution in [0, 0.1) is 13.8 Å². The van der Waals surface area contributed by atoms with Crippen molar-refractivity contribution < 1.29 is 9.53 Å². The highest BCUT2D eigenvalue weighted by Crippen LogP contribution is 2.16. The van der Waals surface area contributed by atoms with E-state index in [1.807, 2.05) is 32.2 Å². The molecule has 1 N–H and O–H groups in total. The third-order valence-corrected chi connectivity index (χ3v) is 2.96. The lowest BCUT2D eigenvalue weighted by Crippen LogP contribution is -2.35. The molecule has 1 rings (SSSR count). The van der Waals surface area contributed by atoms with Gasteiger partial charge in [0.25, 0.3) is 5.91 Å². The van der Waals surface area contributed by atoms with E-state index in [2.05, 4.69) is 12.2 Å². The maximum Gasteiger partial charge on any atom is 0.260 e. The second-order valence-electron chi connectivity index (χ2n) is 4.45. The number of hydrogen-bond donors (Lipinski definition) is 1. The fourth-order valence-corrected chi connectivity index (χ4v) is 1.46. The van der Waals surface area contributed by atoms with E-state index in [0.29, 0.717) is 6.54 Å². The highest BCUT2D eigenvalue weighted by molar-refractivity contribution is 5.77. The van der Waals surface area contributed by atoms with Crippen LogP contribution in [0.3, 0.4) is 0 Å². The Kier molecular flexibility index (Phi) is 5.65. The number of carbonyl (C=O) groups is 1. The van der Waals surface area contributed by atoms with Gasteiger partial charge in [-0.2, -0.15) is 0 Å². The average molecular weight is 250 g/mol. The van der Waals surface area contributed by atoms with E-state index < -0.39 is 0 Å². The average Bonchev–Trinajstić information content (AvgIpc) is 2.36. The van der Waals surface area contributed by atoms with E-state index in [0.717, 1.165) is 12.3 Å². The Morgan fingerprint density at radius 1 is 1.33 bits per heavy atom. The normalized spacial score (nSPS) is 10.2. The molecular formula is C14H22N2O2. The van der Waals surface area contributed by atoms with Crippen LogP contribution in [-0.4, -0.2) is 44.6 Å². The minimum atomic E-state index is -0.0107. The molecule has 0 fully saturated rings. The van der Waals surface area contributed by atoms with Crippen molar-refractivity contribution >= 4 is 5.91 Å². The molecule has 1 aromatic carbocycles. The third kappa shape index (κ3) is 4.37. The fourth-order valence-electron chi connectivity index (χ4n) is 1.46. The number of amides is 1. The first-order valence-corrected chi connectivity index (χ1v) is 6.13. The molecule has 100 valence electrons. The Labute approximate surface area is 109 Å². The number of hydrogen-bond acceptors (Lipinski definition) is 3. The lowest BCUT2D eigenvalue weighted by molar-refractivity contribution is -0.131. The topological polar surface area (TPSA) is 41.6 Å². The first-order chi connectivity index (χ1) is 8.54. The Balaban J connectivity index is 2.44. The van der Waals surface area contributed by atoms with Crippen LogP contribution in [-0.2, 0) is 4.79 Å². The monoisotopic (exact) mass is 250 g/mol. The van der Waals surface area contributed by atoms with Crippen molar-refractivity contribution in [3.8, 4) is 5.75 Å². The second kappa shape index (κ2) is 7.01. The van der Waals surface area contributed by atoms with Crippen LogP contribution >= 0.6 is 0 Å². The Bertz CT molecular complexity index is 405. The number of nitrogens with one attached hydrogen (secondary N) is 1. The number of carbonyl (C=O) groups excluding carboxylic acids is 1. The predicted molar refractivity (Wildman–Crippen MR) is 73.0 cm³/mol. The summed E-state index contributed by atoms with van der Waals surface area (Å²) in [6.07, 6.45) is 0. The van der Waals surface area contributed by atoms with Crippen molar-refractivity contribution in [3.05, 3.63) is 29.3 Å². The Morgan fingerprint density at radius 2 is 2.06 bits per heavy atom. The van der Waals surface area contributed by atoms with Crippen LogP contribution in [0.15, 0.2) is 18.2 Å². The van der Waals surface area contributed by atoms with Gasteiger partial charge in [0.05, 0.1) is 0 Å². The zero-order valence-electron chi connectivity index (χ0n) is 11.6. The van der Waals surface area contributed by atoms with Gasteiger partial charge in [0.15, 0.2) is 6.61 Å². The SMILES string of the molecule is CNCCN(C)C(=O)COc1ccc(C)c(C)c1. The van der Waals surface area contributed by atoms with Gasteiger partial charge in [-0.3, -0.25) is 4.79 Å². The summed E-state index contributed by atoms with van der Waals surface area (Å²) >= 11 is 0. The molecule has 1 amide bonds. The molecule has 0 atom stereocenters. The maximum atomic E-state index is 11.7. The molecule has 0 unspecified atom stereocenters. The van der Waals surface area contributed by atoms with Gasteiger partial charge in [-0.25, -0.2) is 0 Å². The number of benzene rings is 1. The van der Waals surface area contributed by atoms with Gasteiger partial charge in [0.2, 0.25) is 0 Å². The van der Waals surface area contributed by atoms with Crippen LogP contribution < -0.4 is 10.1 Å². The molecule has 4 nitrogen and oxygen atoms in total. The van der Waals surface area contributed by atoms with Crippen LogP contribution in [0.2, 0.25) is 0 Å². The maximum absolute atomic E-state index is 11.7. The largest absolute Gasteiger partial charge is 0.484 e. The van der Waals surface area contributed by atoms with Gasteiger partial charge in [0.1, 0.15) is 5.75 Å². The number of likely N-dealkylation sites (N-methyl/N-ethyl adjacent to an activating group) is 2. The Hall–Kier alpha value is -1.55. The predicted octanol–water partition coefficient (Wildman–Crippen LogP) is 1.36. The first kappa shape index (κ1) is 14.5. The van der Waals surface area contributed by atoms with Gasteiger partial charge in [-0.1, -0.05) is 6.07 Å². The van der Waals surface area contributed by atoms with Crippen LogP contribution in [0.4, 0.5) is 0 Å². The van der Waals surface area contributed by atoms with Crippen LogP contribution in [0.5, 0.6) is 5.75 Å². The molecule has 0 saturated heterocycles. The lowest BCUT2D eigenvalue weighted by atomic mass is 10.1. The summed E-state index contributed by atoms with van der Waals surface area (Å²) in [6.45, 7) is 5.64. The smallest absolute Gasteiger partial charge is 0.260 e. The summed E-state index contributed by atoms with van der Waals surface area (Å²) in [5.41, 5.74) is 2.39. The summed E-state index contributed by atoms with van der Waals surface area (Å²) < 4.78 is 5.49. The van der Waals surface area contributed by atoms with Crippen LogP contribution in [0.1, 0.15) is 11.1 Å². The molecule has 0 aliphatic rings. The molecular weight excluding hydrogens is 228 g/mol. The van der Waals surface area contributed by atoms with Crippen molar-refractivity contribution in [2.45, 2.75) is 13.8 Å². The van der Waals surface area contributed by atoms with Crippen molar-refractivity contribution in [2.75, 3.05) is 33.8 Å². The van der Waals surface area contributed by atoms with Gasteiger partial charge < -0.3 is 15.0 Å². The van der Waals surface area contributed by atoms with E-state index in [4.69, 9.17) is 4.74 Å². The quantitative estimate of drug-likeness (QED) is 0.829. The first-order valence-electron chi connectivity index (χ1n) is 6.13. The summed E-state index contributed by atoms with van der Waals surface area (Å²) in [4.78, 5) is 13.4. The van der Waals surface area contributed by atoms with Crippen LogP contribution in [0.25, 0.3) is 0 Å². The van der Waals surface area contributed by atoms with Crippen molar-refractivity contribution in [1.82, 2.24) is 10.2 Å². The summed E-state index contributed by atoms with van der Waals surface area (Å²) in [7, 11) is 3.65. The fraction of sp³-hybridized carbons (Fsp3) is 0.500. The van der Waals surface area contributed by atoms with Crippen molar-refractivity contribution in [2.24, 2.45) is 0 Å². The molecule has 0 saturated carbocycles. The number of rotatable bonds is 6. The second-order valence-corrected chi connectivity index (χ2v) is 4.45. The standard InChI is InChI=1S/C14H22N2O2/c1-11-5-6-13(9-12(11)2)18-10-14(17)16(4)8-7-15-3/h5-6,9,15H,7-8,10H2,1-4H3.